The Hall–Kier alpha value is -2.54. The predicted molar refractivity (Wildman–Crippen MR) is 98.0 cm³/mol. The first-order chi connectivity index (χ1) is 12.3. The SMILES string of the molecule is Cc1cc(N2CCC(Oc3cnccn3)CC2)nc(-c2cccs2)n1. The molecule has 4 rings (SSSR count). The summed E-state index contributed by atoms with van der Waals surface area (Å²) in [6, 6.07) is 6.14. The summed E-state index contributed by atoms with van der Waals surface area (Å²) in [7, 11) is 0. The highest BCUT2D eigenvalue weighted by Crippen LogP contribution is 2.26. The Morgan fingerprint density at radius 2 is 2.08 bits per heavy atom. The number of thiophene rings is 1. The van der Waals surface area contributed by atoms with E-state index in [2.05, 4.69) is 37.4 Å². The summed E-state index contributed by atoms with van der Waals surface area (Å²) in [5.41, 5.74) is 0.992. The molecule has 25 heavy (non-hydrogen) atoms. The summed E-state index contributed by atoms with van der Waals surface area (Å²) < 4.78 is 5.91. The molecule has 0 saturated carbocycles. The molecular weight excluding hydrogens is 334 g/mol. The number of hydrogen-bond acceptors (Lipinski definition) is 7. The minimum Gasteiger partial charge on any atom is -0.473 e. The normalized spacial score (nSPS) is 15.3. The van der Waals surface area contributed by atoms with Gasteiger partial charge in [0, 0.05) is 50.1 Å². The third-order valence-corrected chi connectivity index (χ3v) is 5.04. The molecule has 0 aromatic carbocycles. The van der Waals surface area contributed by atoms with Crippen LogP contribution >= 0.6 is 11.3 Å². The minimum atomic E-state index is 0.174. The van der Waals surface area contributed by atoms with Gasteiger partial charge in [-0.15, -0.1) is 11.3 Å². The summed E-state index contributed by atoms with van der Waals surface area (Å²) in [5, 5.41) is 2.05. The van der Waals surface area contributed by atoms with Gasteiger partial charge < -0.3 is 9.64 Å². The summed E-state index contributed by atoms with van der Waals surface area (Å²) in [4.78, 5) is 21.0. The van der Waals surface area contributed by atoms with E-state index < -0.39 is 0 Å². The van der Waals surface area contributed by atoms with Crippen molar-refractivity contribution in [3.8, 4) is 16.6 Å². The third-order valence-electron chi connectivity index (χ3n) is 4.18. The van der Waals surface area contributed by atoms with Crippen molar-refractivity contribution >= 4 is 17.2 Å². The smallest absolute Gasteiger partial charge is 0.232 e. The molecule has 0 N–H and O–H groups in total. The molecule has 0 bridgehead atoms. The number of aromatic nitrogens is 4. The molecule has 0 spiro atoms. The van der Waals surface area contributed by atoms with Gasteiger partial charge in [0.1, 0.15) is 11.9 Å². The zero-order chi connectivity index (χ0) is 17.1. The van der Waals surface area contributed by atoms with Gasteiger partial charge in [-0.25, -0.2) is 15.0 Å². The molecule has 0 amide bonds. The first-order valence-corrected chi connectivity index (χ1v) is 9.23. The van der Waals surface area contributed by atoms with E-state index in [4.69, 9.17) is 9.72 Å². The lowest BCUT2D eigenvalue weighted by Crippen LogP contribution is -2.39. The Balaban J connectivity index is 1.44. The minimum absolute atomic E-state index is 0.174. The number of rotatable bonds is 4. The van der Waals surface area contributed by atoms with Crippen LogP contribution in [0, 0.1) is 6.92 Å². The Labute approximate surface area is 150 Å². The zero-order valence-corrected chi connectivity index (χ0v) is 14.8. The van der Waals surface area contributed by atoms with Gasteiger partial charge in [0.05, 0.1) is 11.1 Å². The molecule has 3 aromatic heterocycles. The number of hydrogen-bond donors (Lipinski definition) is 0. The fourth-order valence-corrected chi connectivity index (χ4v) is 3.61. The van der Waals surface area contributed by atoms with Crippen LogP contribution in [0.25, 0.3) is 10.7 Å². The van der Waals surface area contributed by atoms with Crippen LogP contribution in [0.3, 0.4) is 0 Å². The summed E-state index contributed by atoms with van der Waals surface area (Å²) in [5.74, 6) is 2.40. The van der Waals surface area contributed by atoms with Crippen molar-refractivity contribution in [1.29, 1.82) is 0 Å². The maximum Gasteiger partial charge on any atom is 0.232 e. The lowest BCUT2D eigenvalue weighted by molar-refractivity contribution is 0.163. The van der Waals surface area contributed by atoms with E-state index in [9.17, 15) is 0 Å². The number of nitrogens with zero attached hydrogens (tertiary/aromatic N) is 5. The molecule has 0 radical (unpaired) electrons. The predicted octanol–water partition coefficient (Wildman–Crippen LogP) is 3.35. The van der Waals surface area contributed by atoms with Gasteiger partial charge >= 0.3 is 0 Å². The zero-order valence-electron chi connectivity index (χ0n) is 14.0. The number of piperidine rings is 1. The topological polar surface area (TPSA) is 64.0 Å². The van der Waals surface area contributed by atoms with Gasteiger partial charge in [0.15, 0.2) is 5.82 Å². The summed E-state index contributed by atoms with van der Waals surface area (Å²) in [6.45, 7) is 3.84. The van der Waals surface area contributed by atoms with E-state index in [1.54, 1.807) is 29.9 Å². The molecule has 1 saturated heterocycles. The van der Waals surface area contributed by atoms with Crippen LogP contribution in [0.4, 0.5) is 5.82 Å². The van der Waals surface area contributed by atoms with Crippen molar-refractivity contribution in [3.05, 3.63) is 47.9 Å². The molecule has 3 aromatic rings. The molecule has 0 unspecified atom stereocenters. The first kappa shape index (κ1) is 16.0. The lowest BCUT2D eigenvalue weighted by Gasteiger charge is -2.32. The molecule has 1 fully saturated rings. The highest BCUT2D eigenvalue weighted by Gasteiger charge is 2.22. The van der Waals surface area contributed by atoms with Crippen LogP contribution in [0.15, 0.2) is 42.2 Å². The molecule has 0 aliphatic carbocycles. The van der Waals surface area contributed by atoms with Crippen LogP contribution in [0.1, 0.15) is 18.5 Å². The number of ether oxygens (including phenoxy) is 1. The van der Waals surface area contributed by atoms with Crippen LogP contribution in [-0.4, -0.2) is 39.1 Å². The Morgan fingerprint density at radius 1 is 1.20 bits per heavy atom. The average Bonchev–Trinajstić information content (AvgIpc) is 3.17. The van der Waals surface area contributed by atoms with Gasteiger partial charge in [0.2, 0.25) is 5.88 Å². The molecule has 1 aliphatic heterocycles. The monoisotopic (exact) mass is 353 g/mol. The maximum atomic E-state index is 5.91. The van der Waals surface area contributed by atoms with E-state index >= 15 is 0 Å². The van der Waals surface area contributed by atoms with Gasteiger partial charge in [0.25, 0.3) is 0 Å². The van der Waals surface area contributed by atoms with Gasteiger partial charge in [-0.05, 0) is 18.4 Å². The standard InChI is InChI=1S/C18H19N5OS/c1-13-11-16(22-18(21-13)15-3-2-10-25-15)23-8-4-14(5-9-23)24-17-12-19-6-7-20-17/h2-3,6-7,10-12,14H,4-5,8-9H2,1H3. The molecule has 6 nitrogen and oxygen atoms in total. The molecule has 7 heteroatoms. The first-order valence-electron chi connectivity index (χ1n) is 8.35. The largest absolute Gasteiger partial charge is 0.473 e. The number of anilines is 1. The molecular formula is C18H19N5OS. The molecule has 128 valence electrons. The lowest BCUT2D eigenvalue weighted by atomic mass is 10.1. The van der Waals surface area contributed by atoms with Crippen molar-refractivity contribution in [2.24, 2.45) is 0 Å². The molecule has 4 heterocycles. The van der Waals surface area contributed by atoms with Crippen molar-refractivity contribution < 1.29 is 4.74 Å². The quantitative estimate of drug-likeness (QED) is 0.717. The van der Waals surface area contributed by atoms with E-state index in [0.29, 0.717) is 5.88 Å². The molecule has 1 aliphatic rings. The highest BCUT2D eigenvalue weighted by atomic mass is 32.1. The Bertz CT molecular complexity index is 817. The highest BCUT2D eigenvalue weighted by molar-refractivity contribution is 7.13. The van der Waals surface area contributed by atoms with Crippen LogP contribution < -0.4 is 9.64 Å². The second-order valence-electron chi connectivity index (χ2n) is 6.02. The third kappa shape index (κ3) is 3.76. The van der Waals surface area contributed by atoms with Crippen molar-refractivity contribution in [1.82, 2.24) is 19.9 Å². The van der Waals surface area contributed by atoms with E-state index in [1.807, 2.05) is 13.0 Å². The van der Waals surface area contributed by atoms with E-state index in [0.717, 1.165) is 48.1 Å². The second-order valence-corrected chi connectivity index (χ2v) is 6.96. The van der Waals surface area contributed by atoms with Crippen LogP contribution in [0.5, 0.6) is 5.88 Å². The van der Waals surface area contributed by atoms with E-state index in [1.165, 1.54) is 0 Å². The van der Waals surface area contributed by atoms with Gasteiger partial charge in [-0.1, -0.05) is 6.07 Å². The number of aryl methyl sites for hydroxylation is 1. The van der Waals surface area contributed by atoms with E-state index in [-0.39, 0.29) is 6.10 Å². The Kier molecular flexibility index (Phi) is 4.56. The fraction of sp³-hybridized carbons (Fsp3) is 0.333. The average molecular weight is 353 g/mol. The fourth-order valence-electron chi connectivity index (χ4n) is 2.95. The van der Waals surface area contributed by atoms with Gasteiger partial charge in [-0.3, -0.25) is 4.98 Å². The van der Waals surface area contributed by atoms with Crippen molar-refractivity contribution in [2.75, 3.05) is 18.0 Å². The van der Waals surface area contributed by atoms with Crippen LogP contribution in [-0.2, 0) is 0 Å². The van der Waals surface area contributed by atoms with Crippen molar-refractivity contribution in [2.45, 2.75) is 25.9 Å². The van der Waals surface area contributed by atoms with Crippen molar-refractivity contribution in [3.63, 3.8) is 0 Å². The second kappa shape index (κ2) is 7.14. The van der Waals surface area contributed by atoms with Crippen LogP contribution in [0.2, 0.25) is 0 Å². The Morgan fingerprint density at radius 3 is 2.80 bits per heavy atom. The maximum absolute atomic E-state index is 5.91. The van der Waals surface area contributed by atoms with Gasteiger partial charge in [-0.2, -0.15) is 0 Å². The summed E-state index contributed by atoms with van der Waals surface area (Å²) in [6.07, 6.45) is 7.01. The molecule has 0 atom stereocenters. The summed E-state index contributed by atoms with van der Waals surface area (Å²) >= 11 is 1.67.